The average molecular weight is 299 g/mol. The van der Waals surface area contributed by atoms with Crippen molar-refractivity contribution >= 4 is 27.3 Å². The first-order chi connectivity index (χ1) is 7.84. The summed E-state index contributed by atoms with van der Waals surface area (Å²) < 4.78 is 6.38. The van der Waals surface area contributed by atoms with Crippen molar-refractivity contribution in [3.63, 3.8) is 0 Å². The molecule has 1 heterocycles. The molecule has 0 atom stereocenters. The van der Waals surface area contributed by atoms with Crippen molar-refractivity contribution in [3.8, 4) is 0 Å². The lowest BCUT2D eigenvalue weighted by atomic mass is 10.2. The van der Waals surface area contributed by atoms with E-state index in [1.54, 1.807) is 11.3 Å². The zero-order valence-corrected chi connectivity index (χ0v) is 11.0. The molecule has 16 heavy (non-hydrogen) atoms. The standard InChI is InChI=1S/C11H11BrN2OS/c12-11-14-13-10(16-11)6-7-15-8-9-4-2-1-3-5-9/h1-5H,6-8H2. The number of ether oxygens (including phenoxy) is 1. The molecule has 3 nitrogen and oxygen atoms in total. The summed E-state index contributed by atoms with van der Waals surface area (Å²) >= 11 is 4.83. The molecule has 0 aliphatic heterocycles. The van der Waals surface area contributed by atoms with Crippen LogP contribution < -0.4 is 0 Å². The summed E-state index contributed by atoms with van der Waals surface area (Å²) in [5, 5.41) is 8.89. The normalized spacial score (nSPS) is 10.6. The smallest absolute Gasteiger partial charge is 0.183 e. The minimum Gasteiger partial charge on any atom is -0.376 e. The van der Waals surface area contributed by atoms with Gasteiger partial charge in [0.2, 0.25) is 0 Å². The van der Waals surface area contributed by atoms with Crippen molar-refractivity contribution in [1.29, 1.82) is 0 Å². The van der Waals surface area contributed by atoms with Gasteiger partial charge in [0.15, 0.2) is 3.92 Å². The van der Waals surface area contributed by atoms with E-state index < -0.39 is 0 Å². The van der Waals surface area contributed by atoms with Gasteiger partial charge in [-0.3, -0.25) is 0 Å². The molecular formula is C11H11BrN2OS. The summed E-state index contributed by atoms with van der Waals surface area (Å²) in [5.41, 5.74) is 1.20. The lowest BCUT2D eigenvalue weighted by Crippen LogP contribution is -1.98. The Morgan fingerprint density at radius 2 is 2.00 bits per heavy atom. The van der Waals surface area contributed by atoms with Crippen LogP contribution in [0.3, 0.4) is 0 Å². The molecular weight excluding hydrogens is 288 g/mol. The third-order valence-corrected chi connectivity index (χ3v) is 3.43. The quantitative estimate of drug-likeness (QED) is 0.796. The lowest BCUT2D eigenvalue weighted by molar-refractivity contribution is 0.123. The molecule has 1 aromatic heterocycles. The van der Waals surface area contributed by atoms with E-state index in [1.165, 1.54) is 5.56 Å². The third kappa shape index (κ3) is 3.66. The Morgan fingerprint density at radius 1 is 1.19 bits per heavy atom. The molecule has 0 amide bonds. The van der Waals surface area contributed by atoms with Crippen LogP contribution in [0.4, 0.5) is 0 Å². The first-order valence-electron chi connectivity index (χ1n) is 4.94. The van der Waals surface area contributed by atoms with Gasteiger partial charge in [0.25, 0.3) is 0 Å². The zero-order chi connectivity index (χ0) is 11.2. The SMILES string of the molecule is Brc1nnc(CCOCc2ccccc2)s1. The van der Waals surface area contributed by atoms with Gasteiger partial charge in [-0.05, 0) is 21.5 Å². The van der Waals surface area contributed by atoms with Crippen LogP contribution in [0.25, 0.3) is 0 Å². The molecule has 0 saturated carbocycles. The van der Waals surface area contributed by atoms with Gasteiger partial charge in [-0.25, -0.2) is 0 Å². The predicted molar refractivity (Wildman–Crippen MR) is 67.4 cm³/mol. The maximum Gasteiger partial charge on any atom is 0.183 e. The fourth-order valence-electron chi connectivity index (χ4n) is 1.26. The van der Waals surface area contributed by atoms with Crippen LogP contribution in [0.5, 0.6) is 0 Å². The van der Waals surface area contributed by atoms with Gasteiger partial charge in [-0.1, -0.05) is 41.7 Å². The van der Waals surface area contributed by atoms with Crippen LogP contribution in [0.15, 0.2) is 34.2 Å². The molecule has 0 unspecified atom stereocenters. The van der Waals surface area contributed by atoms with Crippen molar-refractivity contribution in [2.24, 2.45) is 0 Å². The molecule has 2 rings (SSSR count). The largest absolute Gasteiger partial charge is 0.376 e. The van der Waals surface area contributed by atoms with E-state index in [9.17, 15) is 0 Å². The van der Waals surface area contributed by atoms with E-state index in [0.717, 1.165) is 15.3 Å². The van der Waals surface area contributed by atoms with Crippen LogP contribution in [0.1, 0.15) is 10.6 Å². The molecule has 0 N–H and O–H groups in total. The second-order valence-electron chi connectivity index (χ2n) is 3.24. The van der Waals surface area contributed by atoms with Crippen molar-refractivity contribution in [2.75, 3.05) is 6.61 Å². The van der Waals surface area contributed by atoms with Gasteiger partial charge < -0.3 is 4.74 Å². The molecule has 0 saturated heterocycles. The fraction of sp³-hybridized carbons (Fsp3) is 0.273. The second kappa shape index (κ2) is 6.08. The van der Waals surface area contributed by atoms with Gasteiger partial charge >= 0.3 is 0 Å². The molecule has 0 aliphatic carbocycles. The number of aromatic nitrogens is 2. The lowest BCUT2D eigenvalue weighted by Gasteiger charge is -2.02. The number of hydrogen-bond donors (Lipinski definition) is 0. The number of nitrogens with zero attached hydrogens (tertiary/aromatic N) is 2. The number of rotatable bonds is 5. The zero-order valence-electron chi connectivity index (χ0n) is 8.60. The second-order valence-corrected chi connectivity index (χ2v) is 5.58. The molecule has 5 heteroatoms. The Kier molecular flexibility index (Phi) is 4.44. The Balaban J connectivity index is 1.69. The van der Waals surface area contributed by atoms with Crippen LogP contribution in [-0.4, -0.2) is 16.8 Å². The summed E-state index contributed by atoms with van der Waals surface area (Å²) in [6.07, 6.45) is 0.816. The van der Waals surface area contributed by atoms with Crippen molar-refractivity contribution in [2.45, 2.75) is 13.0 Å². The summed E-state index contributed by atoms with van der Waals surface area (Å²) in [6.45, 7) is 1.33. The van der Waals surface area contributed by atoms with Crippen LogP contribution in [0, 0.1) is 0 Å². The summed E-state index contributed by atoms with van der Waals surface area (Å²) in [6, 6.07) is 10.1. The van der Waals surface area contributed by atoms with Crippen molar-refractivity contribution in [3.05, 3.63) is 44.8 Å². The Hall–Kier alpha value is -0.780. The van der Waals surface area contributed by atoms with Crippen LogP contribution in [0.2, 0.25) is 0 Å². The topological polar surface area (TPSA) is 35.0 Å². The molecule has 0 radical (unpaired) electrons. The highest BCUT2D eigenvalue weighted by molar-refractivity contribution is 9.11. The first kappa shape index (κ1) is 11.7. The highest BCUT2D eigenvalue weighted by Gasteiger charge is 2.00. The fourth-order valence-corrected chi connectivity index (χ4v) is 2.44. The summed E-state index contributed by atoms with van der Waals surface area (Å²) in [7, 11) is 0. The monoisotopic (exact) mass is 298 g/mol. The van der Waals surface area contributed by atoms with E-state index in [1.807, 2.05) is 18.2 Å². The van der Waals surface area contributed by atoms with Crippen LogP contribution >= 0.6 is 27.3 Å². The number of benzene rings is 1. The summed E-state index contributed by atoms with van der Waals surface area (Å²) in [5.74, 6) is 0. The van der Waals surface area contributed by atoms with Gasteiger partial charge in [-0.2, -0.15) is 0 Å². The molecule has 0 fully saturated rings. The minimum absolute atomic E-state index is 0.654. The van der Waals surface area contributed by atoms with Gasteiger partial charge in [-0.15, -0.1) is 10.2 Å². The molecule has 0 aliphatic rings. The number of hydrogen-bond acceptors (Lipinski definition) is 4. The summed E-state index contributed by atoms with van der Waals surface area (Å²) in [4.78, 5) is 0. The minimum atomic E-state index is 0.654. The maximum absolute atomic E-state index is 5.56. The Bertz CT molecular complexity index is 433. The Morgan fingerprint density at radius 3 is 2.69 bits per heavy atom. The van der Waals surface area contributed by atoms with E-state index in [0.29, 0.717) is 13.2 Å². The molecule has 0 bridgehead atoms. The molecule has 0 spiro atoms. The number of halogens is 1. The van der Waals surface area contributed by atoms with E-state index in [4.69, 9.17) is 4.74 Å². The average Bonchev–Trinajstić information content (AvgIpc) is 2.72. The van der Waals surface area contributed by atoms with E-state index in [-0.39, 0.29) is 0 Å². The van der Waals surface area contributed by atoms with Gasteiger partial charge in [0, 0.05) is 6.42 Å². The third-order valence-electron chi connectivity index (χ3n) is 2.01. The van der Waals surface area contributed by atoms with E-state index >= 15 is 0 Å². The highest BCUT2D eigenvalue weighted by Crippen LogP contribution is 2.16. The van der Waals surface area contributed by atoms with Gasteiger partial charge in [0.1, 0.15) is 5.01 Å². The highest BCUT2D eigenvalue weighted by atomic mass is 79.9. The maximum atomic E-state index is 5.56. The molecule has 84 valence electrons. The van der Waals surface area contributed by atoms with Crippen LogP contribution in [-0.2, 0) is 17.8 Å². The Labute approximate surface area is 107 Å². The van der Waals surface area contributed by atoms with Crippen molar-refractivity contribution in [1.82, 2.24) is 10.2 Å². The molecule has 2 aromatic rings. The molecule has 1 aromatic carbocycles. The van der Waals surface area contributed by atoms with Gasteiger partial charge in [0.05, 0.1) is 13.2 Å². The first-order valence-corrected chi connectivity index (χ1v) is 6.55. The van der Waals surface area contributed by atoms with Crippen molar-refractivity contribution < 1.29 is 4.74 Å². The van der Waals surface area contributed by atoms with E-state index in [2.05, 4.69) is 38.3 Å². The predicted octanol–water partition coefficient (Wildman–Crippen LogP) is 3.06.